The molecule has 4 nitrogen and oxygen atoms in total. The molecule has 0 aromatic carbocycles. The van der Waals surface area contributed by atoms with Gasteiger partial charge in [-0.15, -0.1) is 0 Å². The first kappa shape index (κ1) is 10.5. The van der Waals surface area contributed by atoms with Gasteiger partial charge in [0.25, 0.3) is 0 Å². The lowest BCUT2D eigenvalue weighted by Gasteiger charge is -2.25. The molecule has 90 valence electrons. The molecule has 0 aromatic heterocycles. The Labute approximate surface area is 96.3 Å². The highest BCUT2D eigenvalue weighted by atomic mass is 16.5. The molecule has 3 fully saturated rings. The largest absolute Gasteiger partial charge is 0.376 e. The smallest absolute Gasteiger partial charge is 0.244 e. The van der Waals surface area contributed by atoms with Crippen molar-refractivity contribution in [3.05, 3.63) is 0 Å². The van der Waals surface area contributed by atoms with Gasteiger partial charge in [0.1, 0.15) is 0 Å². The number of hydrogen-bond acceptors (Lipinski definition) is 3. The summed E-state index contributed by atoms with van der Waals surface area (Å²) in [5.41, 5.74) is -0.167. The van der Waals surface area contributed by atoms with E-state index in [1.807, 2.05) is 4.90 Å². The van der Waals surface area contributed by atoms with Crippen LogP contribution in [-0.4, -0.2) is 41.8 Å². The van der Waals surface area contributed by atoms with Gasteiger partial charge in [-0.2, -0.15) is 0 Å². The van der Waals surface area contributed by atoms with E-state index in [0.717, 1.165) is 45.3 Å². The average molecular weight is 224 g/mol. The quantitative estimate of drug-likeness (QED) is 0.773. The molecule has 2 unspecified atom stereocenters. The van der Waals surface area contributed by atoms with Gasteiger partial charge in [0.2, 0.25) is 5.91 Å². The predicted octanol–water partition coefficient (Wildman–Crippen LogP) is 0.866. The van der Waals surface area contributed by atoms with E-state index in [1.54, 1.807) is 0 Å². The number of rotatable bonds is 3. The van der Waals surface area contributed by atoms with Gasteiger partial charge in [-0.1, -0.05) is 6.92 Å². The SMILES string of the molecule is CCC1NC2(CC2)C(=O)N1CC1CCCO1. The van der Waals surface area contributed by atoms with Crippen LogP contribution in [0, 0.1) is 0 Å². The van der Waals surface area contributed by atoms with Crippen LogP contribution < -0.4 is 5.32 Å². The van der Waals surface area contributed by atoms with E-state index < -0.39 is 0 Å². The van der Waals surface area contributed by atoms with Crippen molar-refractivity contribution in [2.45, 2.75) is 56.8 Å². The highest BCUT2D eigenvalue weighted by Gasteiger charge is 2.58. The Morgan fingerprint density at radius 2 is 2.38 bits per heavy atom. The van der Waals surface area contributed by atoms with Crippen LogP contribution in [0.1, 0.15) is 39.0 Å². The molecule has 2 atom stereocenters. The zero-order chi connectivity index (χ0) is 11.2. The number of nitrogens with one attached hydrogen (secondary N) is 1. The second-order valence-corrected chi connectivity index (χ2v) is 5.24. The summed E-state index contributed by atoms with van der Waals surface area (Å²) in [6.45, 7) is 3.78. The van der Waals surface area contributed by atoms with Gasteiger partial charge >= 0.3 is 0 Å². The maximum absolute atomic E-state index is 12.3. The van der Waals surface area contributed by atoms with Gasteiger partial charge in [0.15, 0.2) is 0 Å². The van der Waals surface area contributed by atoms with E-state index in [2.05, 4.69) is 12.2 Å². The molecule has 1 N–H and O–H groups in total. The Morgan fingerprint density at radius 3 is 2.94 bits per heavy atom. The van der Waals surface area contributed by atoms with Crippen LogP contribution in [0.4, 0.5) is 0 Å². The van der Waals surface area contributed by atoms with Crippen molar-refractivity contribution in [3.63, 3.8) is 0 Å². The molecule has 0 radical (unpaired) electrons. The highest BCUT2D eigenvalue weighted by molar-refractivity contribution is 5.91. The van der Waals surface area contributed by atoms with Crippen molar-refractivity contribution >= 4 is 5.91 Å². The first-order valence-corrected chi connectivity index (χ1v) is 6.45. The van der Waals surface area contributed by atoms with Crippen molar-refractivity contribution in [1.29, 1.82) is 0 Å². The van der Waals surface area contributed by atoms with Gasteiger partial charge in [-0.05, 0) is 32.1 Å². The Kier molecular flexibility index (Phi) is 2.44. The Hall–Kier alpha value is -0.610. The van der Waals surface area contributed by atoms with E-state index >= 15 is 0 Å². The zero-order valence-electron chi connectivity index (χ0n) is 9.87. The van der Waals surface area contributed by atoms with Crippen LogP contribution in [0.5, 0.6) is 0 Å². The number of ether oxygens (including phenoxy) is 1. The first-order valence-electron chi connectivity index (χ1n) is 6.45. The van der Waals surface area contributed by atoms with Crippen molar-refractivity contribution in [3.8, 4) is 0 Å². The molecule has 3 rings (SSSR count). The third-order valence-electron chi connectivity index (χ3n) is 4.05. The Bertz CT molecular complexity index is 295. The summed E-state index contributed by atoms with van der Waals surface area (Å²) >= 11 is 0. The summed E-state index contributed by atoms with van der Waals surface area (Å²) in [6.07, 6.45) is 5.78. The molecule has 1 aliphatic carbocycles. The standard InChI is InChI=1S/C12H20N2O2/c1-2-10-13-12(5-6-12)11(15)14(10)8-9-4-3-7-16-9/h9-10,13H,2-8H2,1H3. The summed E-state index contributed by atoms with van der Waals surface area (Å²) in [6, 6.07) is 0. The molecule has 3 aliphatic rings. The van der Waals surface area contributed by atoms with Crippen molar-refractivity contribution in [1.82, 2.24) is 10.2 Å². The second-order valence-electron chi connectivity index (χ2n) is 5.24. The predicted molar refractivity (Wildman–Crippen MR) is 59.9 cm³/mol. The van der Waals surface area contributed by atoms with E-state index in [9.17, 15) is 4.79 Å². The fourth-order valence-corrected chi connectivity index (χ4v) is 2.90. The molecule has 4 heteroatoms. The number of hydrogen-bond donors (Lipinski definition) is 1. The van der Waals surface area contributed by atoms with Crippen molar-refractivity contribution < 1.29 is 9.53 Å². The second kappa shape index (κ2) is 3.70. The van der Waals surface area contributed by atoms with Gasteiger partial charge in [0, 0.05) is 13.2 Å². The highest BCUT2D eigenvalue weighted by Crippen LogP contribution is 2.42. The number of carbonyl (C=O) groups is 1. The molecular weight excluding hydrogens is 204 g/mol. The zero-order valence-corrected chi connectivity index (χ0v) is 9.87. The van der Waals surface area contributed by atoms with Crippen LogP contribution in [0.2, 0.25) is 0 Å². The summed E-state index contributed by atoms with van der Waals surface area (Å²) in [5.74, 6) is 0.315. The fourth-order valence-electron chi connectivity index (χ4n) is 2.90. The molecule has 2 aliphatic heterocycles. The first-order chi connectivity index (χ1) is 7.75. The fraction of sp³-hybridized carbons (Fsp3) is 0.917. The summed E-state index contributed by atoms with van der Waals surface area (Å²) in [4.78, 5) is 14.3. The van der Waals surface area contributed by atoms with Gasteiger partial charge in [-0.3, -0.25) is 10.1 Å². The van der Waals surface area contributed by atoms with Crippen molar-refractivity contribution in [2.75, 3.05) is 13.2 Å². The molecule has 2 saturated heterocycles. The molecule has 1 amide bonds. The molecule has 1 spiro atoms. The summed E-state index contributed by atoms with van der Waals surface area (Å²) in [7, 11) is 0. The van der Waals surface area contributed by atoms with E-state index in [1.165, 1.54) is 0 Å². The third-order valence-corrected chi connectivity index (χ3v) is 4.05. The van der Waals surface area contributed by atoms with Crippen LogP contribution in [0.25, 0.3) is 0 Å². The minimum Gasteiger partial charge on any atom is -0.376 e. The lowest BCUT2D eigenvalue weighted by molar-refractivity contribution is -0.132. The van der Waals surface area contributed by atoms with Crippen LogP contribution in [0.15, 0.2) is 0 Å². The normalized spacial score (nSPS) is 36.3. The number of nitrogens with zero attached hydrogens (tertiary/aromatic N) is 1. The topological polar surface area (TPSA) is 41.6 Å². The van der Waals surface area contributed by atoms with Crippen LogP contribution in [-0.2, 0) is 9.53 Å². The number of amides is 1. The minimum atomic E-state index is -0.167. The maximum Gasteiger partial charge on any atom is 0.244 e. The number of carbonyl (C=O) groups excluding carboxylic acids is 1. The minimum absolute atomic E-state index is 0.167. The average Bonchev–Trinajstić information content (AvgIpc) is 2.79. The maximum atomic E-state index is 12.3. The lowest BCUT2D eigenvalue weighted by atomic mass is 10.2. The third kappa shape index (κ3) is 1.55. The van der Waals surface area contributed by atoms with Gasteiger partial charge < -0.3 is 9.64 Å². The van der Waals surface area contributed by atoms with Crippen LogP contribution >= 0.6 is 0 Å². The summed E-state index contributed by atoms with van der Waals surface area (Å²) in [5, 5.41) is 3.49. The molecule has 2 heterocycles. The van der Waals surface area contributed by atoms with E-state index in [0.29, 0.717) is 5.91 Å². The van der Waals surface area contributed by atoms with Gasteiger partial charge in [-0.25, -0.2) is 0 Å². The van der Waals surface area contributed by atoms with E-state index in [-0.39, 0.29) is 17.8 Å². The Morgan fingerprint density at radius 1 is 1.56 bits per heavy atom. The molecule has 0 bridgehead atoms. The van der Waals surface area contributed by atoms with Crippen LogP contribution in [0.3, 0.4) is 0 Å². The molecule has 1 saturated carbocycles. The van der Waals surface area contributed by atoms with E-state index in [4.69, 9.17) is 4.74 Å². The molecule has 0 aromatic rings. The summed E-state index contributed by atoms with van der Waals surface area (Å²) < 4.78 is 5.62. The lowest BCUT2D eigenvalue weighted by Crippen LogP contribution is -2.41. The van der Waals surface area contributed by atoms with Crippen molar-refractivity contribution in [2.24, 2.45) is 0 Å². The monoisotopic (exact) mass is 224 g/mol. The molecular formula is C12H20N2O2. The molecule has 16 heavy (non-hydrogen) atoms. The Balaban J connectivity index is 1.69. The van der Waals surface area contributed by atoms with Gasteiger partial charge in [0.05, 0.1) is 17.8 Å².